The Balaban J connectivity index is 2.10. The number of nitrogens with zero attached hydrogens (tertiary/aromatic N) is 2. The lowest BCUT2D eigenvalue weighted by molar-refractivity contribution is 0.457. The topological polar surface area (TPSA) is 35.0 Å². The molecule has 0 spiro atoms. The zero-order valence-electron chi connectivity index (χ0n) is 12.1. The lowest BCUT2D eigenvalue weighted by Gasteiger charge is -2.23. The highest BCUT2D eigenvalue weighted by atomic mass is 35.5. The summed E-state index contributed by atoms with van der Waals surface area (Å²) in [7, 11) is 0. The van der Waals surface area contributed by atoms with Gasteiger partial charge >= 0.3 is 0 Å². The number of ether oxygens (including phenoxy) is 1. The average Bonchev–Trinajstić information content (AvgIpc) is 2.48. The van der Waals surface area contributed by atoms with Gasteiger partial charge in [-0.25, -0.2) is 4.98 Å². The maximum Gasteiger partial charge on any atom is 0.237 e. The molecule has 106 valence electrons. The summed E-state index contributed by atoms with van der Waals surface area (Å²) < 4.78 is 5.66. The molecule has 0 amide bonds. The SMILES string of the molecule is CCC(C)(C)c1ccc(Oc2cnc(CCl)cn2)cc1. The first-order valence-corrected chi connectivity index (χ1v) is 7.24. The van der Waals surface area contributed by atoms with Crippen molar-refractivity contribution >= 4 is 11.6 Å². The van der Waals surface area contributed by atoms with Crippen LogP contribution >= 0.6 is 11.6 Å². The fourth-order valence-corrected chi connectivity index (χ4v) is 1.90. The fraction of sp³-hybridized carbons (Fsp3) is 0.375. The van der Waals surface area contributed by atoms with E-state index in [2.05, 4.69) is 42.9 Å². The van der Waals surface area contributed by atoms with E-state index < -0.39 is 0 Å². The second-order valence-corrected chi connectivity index (χ2v) is 5.61. The maximum atomic E-state index is 5.67. The smallest absolute Gasteiger partial charge is 0.237 e. The van der Waals surface area contributed by atoms with Crippen molar-refractivity contribution in [1.82, 2.24) is 9.97 Å². The summed E-state index contributed by atoms with van der Waals surface area (Å²) in [5.74, 6) is 1.59. The van der Waals surface area contributed by atoms with Crippen molar-refractivity contribution in [2.24, 2.45) is 0 Å². The minimum Gasteiger partial charge on any atom is -0.438 e. The molecule has 0 radical (unpaired) electrons. The van der Waals surface area contributed by atoms with E-state index in [9.17, 15) is 0 Å². The quantitative estimate of drug-likeness (QED) is 0.749. The largest absolute Gasteiger partial charge is 0.438 e. The molecule has 0 aliphatic heterocycles. The molecular formula is C16H19ClN2O. The van der Waals surface area contributed by atoms with Crippen LogP contribution in [-0.4, -0.2) is 9.97 Å². The van der Waals surface area contributed by atoms with Crippen LogP contribution < -0.4 is 4.74 Å². The summed E-state index contributed by atoms with van der Waals surface area (Å²) in [5, 5.41) is 0. The molecule has 0 saturated heterocycles. The molecule has 0 N–H and O–H groups in total. The second kappa shape index (κ2) is 6.23. The Hall–Kier alpha value is -1.61. The molecular weight excluding hydrogens is 272 g/mol. The molecule has 1 aromatic carbocycles. The number of benzene rings is 1. The van der Waals surface area contributed by atoms with Gasteiger partial charge in [-0.05, 0) is 29.5 Å². The van der Waals surface area contributed by atoms with Gasteiger partial charge in [0.1, 0.15) is 5.75 Å². The summed E-state index contributed by atoms with van der Waals surface area (Å²) in [6, 6.07) is 8.12. The molecule has 0 aliphatic carbocycles. The van der Waals surface area contributed by atoms with Gasteiger partial charge in [-0.1, -0.05) is 32.9 Å². The van der Waals surface area contributed by atoms with E-state index in [1.165, 1.54) is 5.56 Å². The van der Waals surface area contributed by atoms with Crippen molar-refractivity contribution in [2.75, 3.05) is 0 Å². The molecule has 0 bridgehead atoms. The van der Waals surface area contributed by atoms with Gasteiger partial charge in [0.05, 0.1) is 24.0 Å². The van der Waals surface area contributed by atoms with Crippen molar-refractivity contribution in [3.05, 3.63) is 47.9 Å². The van der Waals surface area contributed by atoms with Crippen molar-refractivity contribution < 1.29 is 4.74 Å². The van der Waals surface area contributed by atoms with E-state index in [0.29, 0.717) is 11.8 Å². The first-order valence-electron chi connectivity index (χ1n) is 6.70. The number of rotatable bonds is 5. The fourth-order valence-electron chi connectivity index (χ4n) is 1.76. The third-order valence-electron chi connectivity index (χ3n) is 3.56. The number of alkyl halides is 1. The predicted octanol–water partition coefficient (Wildman–Crippen LogP) is 4.70. The molecule has 2 rings (SSSR count). The minimum absolute atomic E-state index is 0.181. The third kappa shape index (κ3) is 3.48. The predicted molar refractivity (Wildman–Crippen MR) is 81.4 cm³/mol. The molecule has 20 heavy (non-hydrogen) atoms. The highest BCUT2D eigenvalue weighted by Crippen LogP contribution is 2.29. The lowest BCUT2D eigenvalue weighted by atomic mass is 9.82. The van der Waals surface area contributed by atoms with Gasteiger partial charge < -0.3 is 4.74 Å². The van der Waals surface area contributed by atoms with Gasteiger partial charge in [-0.15, -0.1) is 11.6 Å². The maximum absolute atomic E-state index is 5.67. The van der Waals surface area contributed by atoms with Gasteiger partial charge in [-0.3, -0.25) is 4.98 Å². The van der Waals surface area contributed by atoms with Crippen LogP contribution in [0.3, 0.4) is 0 Å². The van der Waals surface area contributed by atoms with Crippen molar-refractivity contribution in [2.45, 2.75) is 38.5 Å². The van der Waals surface area contributed by atoms with Crippen molar-refractivity contribution in [3.8, 4) is 11.6 Å². The highest BCUT2D eigenvalue weighted by molar-refractivity contribution is 6.16. The Kier molecular flexibility index (Phi) is 4.61. The molecule has 0 fully saturated rings. The van der Waals surface area contributed by atoms with E-state index >= 15 is 0 Å². The first kappa shape index (κ1) is 14.8. The number of halogens is 1. The van der Waals surface area contributed by atoms with Crippen molar-refractivity contribution in [3.63, 3.8) is 0 Å². The number of hydrogen-bond donors (Lipinski definition) is 0. The Labute approximate surface area is 125 Å². The molecule has 2 aromatic rings. The number of aromatic nitrogens is 2. The molecule has 0 unspecified atom stereocenters. The van der Waals surface area contributed by atoms with Crippen LogP contribution in [0.4, 0.5) is 0 Å². The zero-order valence-corrected chi connectivity index (χ0v) is 12.8. The highest BCUT2D eigenvalue weighted by Gasteiger charge is 2.17. The van der Waals surface area contributed by atoms with Crippen LogP contribution in [0.1, 0.15) is 38.4 Å². The van der Waals surface area contributed by atoms with Gasteiger partial charge in [0.15, 0.2) is 0 Å². The molecule has 0 saturated carbocycles. The summed E-state index contributed by atoms with van der Waals surface area (Å²) >= 11 is 5.67. The van der Waals surface area contributed by atoms with E-state index in [1.807, 2.05) is 12.1 Å². The summed E-state index contributed by atoms with van der Waals surface area (Å²) in [6.07, 6.45) is 4.30. The van der Waals surface area contributed by atoms with Crippen molar-refractivity contribution in [1.29, 1.82) is 0 Å². The third-order valence-corrected chi connectivity index (χ3v) is 3.83. The molecule has 0 aliphatic rings. The Bertz CT molecular complexity index is 550. The average molecular weight is 291 g/mol. The van der Waals surface area contributed by atoms with Gasteiger partial charge in [0.25, 0.3) is 0 Å². The molecule has 4 heteroatoms. The summed E-state index contributed by atoms with van der Waals surface area (Å²) in [6.45, 7) is 6.66. The molecule has 3 nitrogen and oxygen atoms in total. The summed E-state index contributed by atoms with van der Waals surface area (Å²) in [5.41, 5.74) is 2.22. The monoisotopic (exact) mass is 290 g/mol. The van der Waals surface area contributed by atoms with Crippen LogP contribution in [0.2, 0.25) is 0 Å². The summed E-state index contributed by atoms with van der Waals surface area (Å²) in [4.78, 5) is 8.31. The van der Waals surface area contributed by atoms with E-state index in [4.69, 9.17) is 16.3 Å². The second-order valence-electron chi connectivity index (χ2n) is 5.34. The number of hydrogen-bond acceptors (Lipinski definition) is 3. The van der Waals surface area contributed by atoms with E-state index in [0.717, 1.165) is 17.9 Å². The minimum atomic E-state index is 0.181. The Morgan fingerprint density at radius 3 is 2.30 bits per heavy atom. The normalized spacial score (nSPS) is 11.4. The van der Waals surface area contributed by atoms with Crippen LogP contribution in [0.15, 0.2) is 36.7 Å². The van der Waals surface area contributed by atoms with Crippen LogP contribution in [0.25, 0.3) is 0 Å². The van der Waals surface area contributed by atoms with E-state index in [1.54, 1.807) is 12.4 Å². The van der Waals surface area contributed by atoms with Crippen LogP contribution in [0.5, 0.6) is 11.6 Å². The van der Waals surface area contributed by atoms with Gasteiger partial charge in [-0.2, -0.15) is 0 Å². The van der Waals surface area contributed by atoms with Crippen LogP contribution in [-0.2, 0) is 11.3 Å². The van der Waals surface area contributed by atoms with Gasteiger partial charge in [0.2, 0.25) is 5.88 Å². The first-order chi connectivity index (χ1) is 9.55. The van der Waals surface area contributed by atoms with Gasteiger partial charge in [0, 0.05) is 0 Å². The molecule has 1 aromatic heterocycles. The molecule has 0 atom stereocenters. The lowest BCUT2D eigenvalue weighted by Crippen LogP contribution is -2.14. The van der Waals surface area contributed by atoms with Crippen LogP contribution in [0, 0.1) is 0 Å². The molecule has 1 heterocycles. The Morgan fingerprint density at radius 1 is 1.10 bits per heavy atom. The van der Waals surface area contributed by atoms with E-state index in [-0.39, 0.29) is 5.41 Å². The zero-order chi connectivity index (χ0) is 14.6. The Morgan fingerprint density at radius 2 is 1.80 bits per heavy atom. The standard InChI is InChI=1S/C16H19ClN2O/c1-4-16(2,3)12-5-7-14(8-6-12)20-15-11-18-13(9-17)10-19-15/h5-8,10-11H,4,9H2,1-3H3.